The van der Waals surface area contributed by atoms with Crippen LogP contribution in [0.15, 0.2) is 59.6 Å². The lowest BCUT2D eigenvalue weighted by Crippen LogP contribution is -2.47. The van der Waals surface area contributed by atoms with Crippen molar-refractivity contribution in [1.82, 2.24) is 19.8 Å². The summed E-state index contributed by atoms with van der Waals surface area (Å²) in [6.07, 6.45) is 7.41. The van der Waals surface area contributed by atoms with Gasteiger partial charge in [0.05, 0.1) is 22.2 Å². The first kappa shape index (κ1) is 27.4. The smallest absolute Gasteiger partial charge is 0.219 e. The molecule has 0 radical (unpaired) electrons. The van der Waals surface area contributed by atoms with Crippen LogP contribution < -0.4 is 0 Å². The van der Waals surface area contributed by atoms with Crippen LogP contribution in [-0.2, 0) is 26.9 Å². The van der Waals surface area contributed by atoms with Crippen molar-refractivity contribution in [1.29, 1.82) is 0 Å². The van der Waals surface area contributed by atoms with Crippen molar-refractivity contribution in [2.45, 2.75) is 61.6 Å². The molecule has 3 fully saturated rings. The number of rotatable bonds is 9. The molecule has 1 saturated carbocycles. The molecule has 212 valence electrons. The second-order valence-corrected chi connectivity index (χ2v) is 13.3. The number of H-pyrrole nitrogens is 1. The Kier molecular flexibility index (Phi) is 8.46. The molecule has 3 aromatic rings. The summed E-state index contributed by atoms with van der Waals surface area (Å²) in [5.74, 6) is 1.03. The Labute approximate surface area is 239 Å². The lowest BCUT2D eigenvalue weighted by atomic mass is 9.83. The van der Waals surface area contributed by atoms with E-state index in [1.807, 2.05) is 11.1 Å². The fourth-order valence-electron chi connectivity index (χ4n) is 5.99. The summed E-state index contributed by atoms with van der Waals surface area (Å²) in [4.78, 5) is 25.4. The van der Waals surface area contributed by atoms with Gasteiger partial charge in [-0.1, -0.05) is 18.2 Å². The molecule has 3 aliphatic rings. The highest BCUT2D eigenvalue weighted by molar-refractivity contribution is 7.86. The Morgan fingerprint density at radius 1 is 1.00 bits per heavy atom. The molecule has 6 rings (SSSR count). The molecule has 40 heavy (non-hydrogen) atoms. The summed E-state index contributed by atoms with van der Waals surface area (Å²) in [5, 5.41) is 0.352. The maximum absolute atomic E-state index is 12.7. The lowest BCUT2D eigenvalue weighted by molar-refractivity contribution is -0.130. The van der Waals surface area contributed by atoms with Crippen molar-refractivity contribution in [3.63, 3.8) is 0 Å². The van der Waals surface area contributed by atoms with Crippen LogP contribution in [0.5, 0.6) is 0 Å². The summed E-state index contributed by atoms with van der Waals surface area (Å²) < 4.78 is 18.3. The minimum absolute atomic E-state index is 0.160. The van der Waals surface area contributed by atoms with E-state index in [4.69, 9.17) is 9.72 Å². The number of hydrogen-bond acceptors (Lipinski definition) is 5. The van der Waals surface area contributed by atoms with Gasteiger partial charge in [-0.15, -0.1) is 0 Å². The van der Waals surface area contributed by atoms with Gasteiger partial charge in [-0.2, -0.15) is 0 Å². The Hall–Kier alpha value is -2.81. The molecule has 1 amide bonds. The molecular formula is C32H40N4O3S. The highest BCUT2D eigenvalue weighted by atomic mass is 32.2. The molecule has 4 heterocycles. The molecule has 1 aromatic carbocycles. The van der Waals surface area contributed by atoms with E-state index in [0.717, 1.165) is 94.3 Å². The van der Waals surface area contributed by atoms with Gasteiger partial charge in [0.2, 0.25) is 5.91 Å². The molecule has 2 atom stereocenters. The number of pyridine rings is 1. The van der Waals surface area contributed by atoms with Crippen LogP contribution >= 0.6 is 0 Å². The summed E-state index contributed by atoms with van der Waals surface area (Å²) in [7, 11) is -0.877. The number of nitrogens with one attached hydrogen (secondary N) is 1. The summed E-state index contributed by atoms with van der Waals surface area (Å²) in [6, 6.07) is 17.1. The second-order valence-electron chi connectivity index (χ2n) is 11.6. The van der Waals surface area contributed by atoms with E-state index in [1.54, 1.807) is 6.92 Å². The molecule has 2 unspecified atom stereocenters. The van der Waals surface area contributed by atoms with Crippen molar-refractivity contribution < 1.29 is 13.7 Å². The predicted octanol–water partition coefficient (Wildman–Crippen LogP) is 4.96. The highest BCUT2D eigenvalue weighted by Crippen LogP contribution is 2.36. The maximum Gasteiger partial charge on any atom is 0.219 e. The Morgan fingerprint density at radius 2 is 1.75 bits per heavy atom. The van der Waals surface area contributed by atoms with E-state index >= 15 is 0 Å². The third-order valence-electron chi connectivity index (χ3n) is 8.66. The molecule has 0 spiro atoms. The number of aromatic amines is 1. The molecule has 1 N–H and O–H groups in total. The Bertz CT molecular complexity index is 1300. The maximum atomic E-state index is 12.7. The number of benzene rings is 1. The quantitative estimate of drug-likeness (QED) is 0.400. The van der Waals surface area contributed by atoms with Gasteiger partial charge in [-0.3, -0.25) is 18.9 Å². The topological polar surface area (TPSA) is 78.5 Å². The third kappa shape index (κ3) is 6.56. The van der Waals surface area contributed by atoms with Gasteiger partial charge in [0, 0.05) is 80.8 Å². The van der Waals surface area contributed by atoms with E-state index in [0.29, 0.717) is 11.2 Å². The van der Waals surface area contributed by atoms with Crippen LogP contribution in [0.1, 0.15) is 61.8 Å². The summed E-state index contributed by atoms with van der Waals surface area (Å²) >= 11 is 0. The number of ether oxygens (including phenoxy) is 1. The number of amides is 1. The minimum Gasteiger partial charge on any atom is -0.381 e. The third-order valence-corrected chi connectivity index (χ3v) is 10.5. The molecular weight excluding hydrogens is 520 g/mol. The minimum atomic E-state index is -0.877. The standard InChI is InChI=1S/C32H40N4O3S/c1-23(37)36-16-14-35(15-17-36)22-25-2-9-31(33-21-25)32-11-10-30(34-32)29(20-24-12-18-39-19-13-24)26-3-5-27(6-4-26)40(38)28-7-8-28/h2-6,9-11,21,24,28-29,34H,7-8,12-20,22H2,1H3. The van der Waals surface area contributed by atoms with Crippen LogP contribution in [-0.4, -0.2) is 74.5 Å². The van der Waals surface area contributed by atoms with Gasteiger partial charge >= 0.3 is 0 Å². The van der Waals surface area contributed by atoms with Crippen LogP contribution in [0.4, 0.5) is 0 Å². The zero-order valence-corrected chi connectivity index (χ0v) is 24.2. The fraction of sp³-hybridized carbons (Fsp3) is 0.500. The van der Waals surface area contributed by atoms with Gasteiger partial charge in [-0.25, -0.2) is 0 Å². The molecule has 8 heteroatoms. The number of nitrogens with zero attached hydrogens (tertiary/aromatic N) is 3. The first-order valence-electron chi connectivity index (χ1n) is 14.7. The zero-order valence-electron chi connectivity index (χ0n) is 23.4. The molecule has 2 saturated heterocycles. The van der Waals surface area contributed by atoms with Gasteiger partial charge < -0.3 is 14.6 Å². The molecule has 7 nitrogen and oxygen atoms in total. The first-order valence-corrected chi connectivity index (χ1v) is 15.9. The van der Waals surface area contributed by atoms with Crippen LogP contribution in [0, 0.1) is 5.92 Å². The van der Waals surface area contributed by atoms with Crippen molar-refractivity contribution >= 4 is 16.7 Å². The van der Waals surface area contributed by atoms with E-state index in [1.165, 1.54) is 16.8 Å². The van der Waals surface area contributed by atoms with Crippen LogP contribution in [0.2, 0.25) is 0 Å². The lowest BCUT2D eigenvalue weighted by Gasteiger charge is -2.34. The largest absolute Gasteiger partial charge is 0.381 e. The SMILES string of the molecule is CC(=O)N1CCN(Cc2ccc(-c3ccc(C(CC4CCOCC4)c4ccc(S(=O)C5CC5)cc4)[nH]3)nc2)CC1. The first-order chi connectivity index (χ1) is 19.5. The number of piperazine rings is 1. The molecule has 2 aliphatic heterocycles. The highest BCUT2D eigenvalue weighted by Gasteiger charge is 2.30. The number of carbonyl (C=O) groups excluding carboxylic acids is 1. The number of carbonyl (C=O) groups is 1. The van der Waals surface area contributed by atoms with Crippen molar-refractivity contribution in [3.8, 4) is 11.4 Å². The predicted molar refractivity (Wildman–Crippen MR) is 157 cm³/mol. The van der Waals surface area contributed by atoms with Crippen LogP contribution in [0.3, 0.4) is 0 Å². The van der Waals surface area contributed by atoms with E-state index in [2.05, 4.69) is 58.4 Å². The van der Waals surface area contributed by atoms with Gasteiger partial charge in [0.25, 0.3) is 0 Å². The number of hydrogen-bond donors (Lipinski definition) is 1. The second kappa shape index (κ2) is 12.4. The monoisotopic (exact) mass is 560 g/mol. The Balaban J connectivity index is 1.16. The number of aromatic nitrogens is 2. The molecule has 1 aliphatic carbocycles. The van der Waals surface area contributed by atoms with Gasteiger partial charge in [0.1, 0.15) is 0 Å². The average Bonchev–Trinajstić information content (AvgIpc) is 3.73. The van der Waals surface area contributed by atoms with E-state index in [-0.39, 0.29) is 11.8 Å². The fourth-order valence-corrected chi connectivity index (χ4v) is 7.34. The van der Waals surface area contributed by atoms with E-state index < -0.39 is 10.8 Å². The van der Waals surface area contributed by atoms with Crippen LogP contribution in [0.25, 0.3) is 11.4 Å². The normalized spacial score (nSPS) is 20.4. The van der Waals surface area contributed by atoms with E-state index in [9.17, 15) is 9.00 Å². The van der Waals surface area contributed by atoms with Crippen molar-refractivity contribution in [2.24, 2.45) is 5.92 Å². The summed E-state index contributed by atoms with van der Waals surface area (Å²) in [6.45, 7) is 7.56. The van der Waals surface area contributed by atoms with Crippen molar-refractivity contribution in [3.05, 3.63) is 71.5 Å². The average molecular weight is 561 g/mol. The zero-order chi connectivity index (χ0) is 27.5. The Morgan fingerprint density at radius 3 is 2.40 bits per heavy atom. The van der Waals surface area contributed by atoms with Gasteiger partial charge in [0.15, 0.2) is 0 Å². The van der Waals surface area contributed by atoms with Gasteiger partial charge in [-0.05, 0) is 79.5 Å². The molecule has 2 aromatic heterocycles. The molecule has 0 bridgehead atoms. The summed E-state index contributed by atoms with van der Waals surface area (Å²) in [5.41, 5.74) is 5.63. The van der Waals surface area contributed by atoms with Crippen molar-refractivity contribution in [2.75, 3.05) is 39.4 Å².